The van der Waals surface area contributed by atoms with Crippen LogP contribution in [0.3, 0.4) is 0 Å². The highest BCUT2D eigenvalue weighted by Crippen LogP contribution is 2.12. The first kappa shape index (κ1) is 15.9. The second-order valence-corrected chi connectivity index (χ2v) is 3.78. The molecule has 3 nitrogen and oxygen atoms in total. The first-order valence-electron chi connectivity index (χ1n) is 5.36. The monoisotopic (exact) mass is 260 g/mol. The maximum Gasteiger partial charge on any atom is 0.223 e. The molecule has 0 fully saturated rings. The van der Waals surface area contributed by atoms with Gasteiger partial charge in [-0.2, -0.15) is 0 Å². The molecule has 1 amide bonds. The molecule has 0 aliphatic rings. The summed E-state index contributed by atoms with van der Waals surface area (Å²) >= 11 is 0. The lowest BCUT2D eigenvalue weighted by Crippen LogP contribution is -2.34. The third kappa shape index (κ3) is 5.15. The fourth-order valence-corrected chi connectivity index (χ4v) is 1.46. The first-order valence-corrected chi connectivity index (χ1v) is 5.36. The molecule has 1 atom stereocenters. The highest BCUT2D eigenvalue weighted by molar-refractivity contribution is 5.85. The Morgan fingerprint density at radius 1 is 1.47 bits per heavy atom. The Labute approximate surface area is 107 Å². The van der Waals surface area contributed by atoms with Gasteiger partial charge in [0.1, 0.15) is 5.82 Å². The predicted octanol–water partition coefficient (Wildman–Crippen LogP) is 1.50. The maximum absolute atomic E-state index is 13.3. The summed E-state index contributed by atoms with van der Waals surface area (Å²) < 4.78 is 13.3. The molecule has 1 aromatic carbocycles. The highest BCUT2D eigenvalue weighted by Gasteiger charge is 2.14. The van der Waals surface area contributed by atoms with E-state index in [9.17, 15) is 9.18 Å². The SMILES string of the molecule is CC(Cc1ccccc1F)C(=O)NCCN.Cl. The molecule has 0 heterocycles. The van der Waals surface area contributed by atoms with Crippen molar-refractivity contribution in [1.29, 1.82) is 0 Å². The van der Waals surface area contributed by atoms with Crippen molar-refractivity contribution in [1.82, 2.24) is 5.32 Å². The van der Waals surface area contributed by atoms with Crippen molar-refractivity contribution in [3.05, 3.63) is 35.6 Å². The highest BCUT2D eigenvalue weighted by atomic mass is 35.5. The second kappa shape index (κ2) is 8.03. The topological polar surface area (TPSA) is 55.1 Å². The maximum atomic E-state index is 13.3. The zero-order chi connectivity index (χ0) is 12.0. The van der Waals surface area contributed by atoms with E-state index in [2.05, 4.69) is 5.32 Å². The Hall–Kier alpha value is -1.13. The van der Waals surface area contributed by atoms with Gasteiger partial charge in [-0.25, -0.2) is 4.39 Å². The second-order valence-electron chi connectivity index (χ2n) is 3.78. The summed E-state index contributed by atoms with van der Waals surface area (Å²) in [4.78, 5) is 11.5. The van der Waals surface area contributed by atoms with Gasteiger partial charge in [0.25, 0.3) is 0 Å². The molecule has 1 aromatic rings. The average Bonchev–Trinajstić information content (AvgIpc) is 2.28. The summed E-state index contributed by atoms with van der Waals surface area (Å²) in [7, 11) is 0. The fourth-order valence-electron chi connectivity index (χ4n) is 1.46. The van der Waals surface area contributed by atoms with Crippen molar-refractivity contribution in [2.45, 2.75) is 13.3 Å². The Bertz CT molecular complexity index is 360. The van der Waals surface area contributed by atoms with Crippen molar-refractivity contribution in [2.75, 3.05) is 13.1 Å². The minimum atomic E-state index is -0.263. The van der Waals surface area contributed by atoms with Gasteiger partial charge >= 0.3 is 0 Å². The number of carbonyl (C=O) groups excluding carboxylic acids is 1. The molecule has 96 valence electrons. The van der Waals surface area contributed by atoms with E-state index in [1.54, 1.807) is 25.1 Å². The smallest absolute Gasteiger partial charge is 0.223 e. The summed E-state index contributed by atoms with van der Waals surface area (Å²) in [5, 5.41) is 2.69. The number of hydrogen-bond acceptors (Lipinski definition) is 2. The summed E-state index contributed by atoms with van der Waals surface area (Å²) in [5.41, 5.74) is 5.85. The van der Waals surface area contributed by atoms with E-state index in [-0.39, 0.29) is 30.0 Å². The van der Waals surface area contributed by atoms with Gasteiger partial charge in [-0.3, -0.25) is 4.79 Å². The number of rotatable bonds is 5. The minimum absolute atomic E-state index is 0. The van der Waals surface area contributed by atoms with E-state index in [1.807, 2.05) is 0 Å². The number of nitrogens with one attached hydrogen (secondary N) is 1. The van der Waals surface area contributed by atoms with Gasteiger partial charge in [-0.1, -0.05) is 25.1 Å². The number of carbonyl (C=O) groups is 1. The standard InChI is InChI=1S/C12H17FN2O.ClH/c1-9(12(16)15-7-6-14)8-10-4-2-3-5-11(10)13;/h2-5,9H,6-8,14H2,1H3,(H,15,16);1H. The molecule has 0 spiro atoms. The molecule has 0 radical (unpaired) electrons. The molecule has 17 heavy (non-hydrogen) atoms. The van der Waals surface area contributed by atoms with Crippen LogP contribution >= 0.6 is 12.4 Å². The van der Waals surface area contributed by atoms with E-state index in [4.69, 9.17) is 5.73 Å². The van der Waals surface area contributed by atoms with Crippen LogP contribution in [0.4, 0.5) is 4.39 Å². The first-order chi connectivity index (χ1) is 7.65. The van der Waals surface area contributed by atoms with E-state index >= 15 is 0 Å². The molecule has 0 aliphatic heterocycles. The average molecular weight is 261 g/mol. The van der Waals surface area contributed by atoms with Gasteiger partial charge < -0.3 is 11.1 Å². The fraction of sp³-hybridized carbons (Fsp3) is 0.417. The van der Waals surface area contributed by atoms with Crippen molar-refractivity contribution < 1.29 is 9.18 Å². The van der Waals surface area contributed by atoms with E-state index in [0.717, 1.165) is 0 Å². The molecule has 3 N–H and O–H groups in total. The summed E-state index contributed by atoms with van der Waals surface area (Å²) in [6, 6.07) is 6.50. The van der Waals surface area contributed by atoms with Crippen LogP contribution in [0, 0.1) is 11.7 Å². The molecule has 5 heteroatoms. The number of hydrogen-bond donors (Lipinski definition) is 2. The van der Waals surface area contributed by atoms with Gasteiger partial charge in [0, 0.05) is 19.0 Å². The van der Waals surface area contributed by atoms with Crippen LogP contribution in [0.15, 0.2) is 24.3 Å². The minimum Gasteiger partial charge on any atom is -0.355 e. The number of halogens is 2. The lowest BCUT2D eigenvalue weighted by Gasteiger charge is -2.12. The molecular formula is C12H18ClFN2O. The van der Waals surface area contributed by atoms with Crippen molar-refractivity contribution in [3.63, 3.8) is 0 Å². The Morgan fingerprint density at radius 3 is 2.71 bits per heavy atom. The van der Waals surface area contributed by atoms with Crippen LogP contribution in [0.25, 0.3) is 0 Å². The molecular weight excluding hydrogens is 243 g/mol. The molecule has 0 aliphatic carbocycles. The zero-order valence-corrected chi connectivity index (χ0v) is 10.6. The molecule has 0 aromatic heterocycles. The van der Waals surface area contributed by atoms with Crippen LogP contribution in [-0.4, -0.2) is 19.0 Å². The number of benzene rings is 1. The van der Waals surface area contributed by atoms with Gasteiger partial charge in [-0.05, 0) is 18.1 Å². The van der Waals surface area contributed by atoms with Crippen molar-refractivity contribution in [2.24, 2.45) is 11.7 Å². The van der Waals surface area contributed by atoms with Crippen molar-refractivity contribution in [3.8, 4) is 0 Å². The third-order valence-electron chi connectivity index (χ3n) is 2.38. The van der Waals surface area contributed by atoms with Crippen LogP contribution < -0.4 is 11.1 Å². The predicted molar refractivity (Wildman–Crippen MR) is 68.6 cm³/mol. The lowest BCUT2D eigenvalue weighted by atomic mass is 10.00. The van der Waals surface area contributed by atoms with Crippen molar-refractivity contribution >= 4 is 18.3 Å². The van der Waals surface area contributed by atoms with Gasteiger partial charge in [0.2, 0.25) is 5.91 Å². The van der Waals surface area contributed by atoms with Crippen LogP contribution in [0.5, 0.6) is 0 Å². The Kier molecular flexibility index (Phi) is 7.50. The van der Waals surface area contributed by atoms with Crippen LogP contribution in [0.2, 0.25) is 0 Å². The van der Waals surface area contributed by atoms with E-state index < -0.39 is 0 Å². The quantitative estimate of drug-likeness (QED) is 0.843. The lowest BCUT2D eigenvalue weighted by molar-refractivity contribution is -0.124. The summed E-state index contributed by atoms with van der Waals surface area (Å²) in [6.45, 7) is 2.65. The molecule has 1 unspecified atom stereocenters. The van der Waals surface area contributed by atoms with E-state index in [0.29, 0.717) is 25.1 Å². The van der Waals surface area contributed by atoms with Gasteiger partial charge in [0.05, 0.1) is 0 Å². The molecule has 1 rings (SSSR count). The largest absolute Gasteiger partial charge is 0.355 e. The molecule has 0 bridgehead atoms. The molecule has 0 saturated heterocycles. The van der Waals surface area contributed by atoms with E-state index in [1.165, 1.54) is 6.07 Å². The Balaban J connectivity index is 0.00000256. The number of nitrogens with two attached hydrogens (primary N) is 1. The Morgan fingerprint density at radius 2 is 2.12 bits per heavy atom. The number of amides is 1. The van der Waals surface area contributed by atoms with Gasteiger partial charge in [0.15, 0.2) is 0 Å². The summed E-state index contributed by atoms with van der Waals surface area (Å²) in [6.07, 6.45) is 0.406. The summed E-state index contributed by atoms with van der Waals surface area (Å²) in [5.74, 6) is -0.599. The van der Waals surface area contributed by atoms with Gasteiger partial charge in [-0.15, -0.1) is 12.4 Å². The zero-order valence-electron chi connectivity index (χ0n) is 9.78. The third-order valence-corrected chi connectivity index (χ3v) is 2.38. The normalized spacial score (nSPS) is 11.5. The molecule has 0 saturated carbocycles. The van der Waals surface area contributed by atoms with Crippen LogP contribution in [0.1, 0.15) is 12.5 Å². The van der Waals surface area contributed by atoms with Crippen LogP contribution in [-0.2, 0) is 11.2 Å².